The van der Waals surface area contributed by atoms with Crippen molar-refractivity contribution in [2.75, 3.05) is 18.9 Å². The number of carbonyl (C=O) groups excluding carboxylic acids is 2. The van der Waals surface area contributed by atoms with Gasteiger partial charge in [0.1, 0.15) is 0 Å². The molecule has 0 fully saturated rings. The second-order valence-corrected chi connectivity index (χ2v) is 7.17. The first kappa shape index (κ1) is 20.8. The quantitative estimate of drug-likeness (QED) is 0.750. The number of anilines is 1. The minimum atomic E-state index is -4.38. The smallest absolute Gasteiger partial charge is 0.332 e. The molecular formula is C19H19F3N2O2S. The third kappa shape index (κ3) is 6.02. The first-order chi connectivity index (χ1) is 12.6. The number of hydrogen-bond donors (Lipinski definition) is 1. The maximum absolute atomic E-state index is 12.4. The molecule has 0 spiro atoms. The number of likely N-dealkylation sites (N-methyl/N-ethyl adjacent to an activating group) is 1. The van der Waals surface area contributed by atoms with E-state index in [-0.39, 0.29) is 34.7 Å². The van der Waals surface area contributed by atoms with Crippen molar-refractivity contribution >= 4 is 29.3 Å². The van der Waals surface area contributed by atoms with Crippen LogP contribution in [0.2, 0.25) is 0 Å². The predicted octanol–water partition coefficient (Wildman–Crippen LogP) is 4.63. The highest BCUT2D eigenvalue weighted by molar-refractivity contribution is 8.00. The second kappa shape index (κ2) is 8.47. The van der Waals surface area contributed by atoms with Crippen molar-refractivity contribution in [3.63, 3.8) is 0 Å². The van der Waals surface area contributed by atoms with E-state index in [1.165, 1.54) is 36.2 Å². The Labute approximate surface area is 159 Å². The van der Waals surface area contributed by atoms with Crippen molar-refractivity contribution in [1.82, 2.24) is 4.90 Å². The van der Waals surface area contributed by atoms with Crippen LogP contribution in [0.25, 0.3) is 0 Å². The Hall–Kier alpha value is -2.48. The predicted molar refractivity (Wildman–Crippen MR) is 99.9 cm³/mol. The average Bonchev–Trinajstić information content (AvgIpc) is 2.57. The molecular weight excluding hydrogens is 377 g/mol. The maximum Gasteiger partial charge on any atom is 0.446 e. The first-order valence-electron chi connectivity index (χ1n) is 8.04. The Bertz CT molecular complexity index is 836. The van der Waals surface area contributed by atoms with E-state index in [1.54, 1.807) is 6.07 Å². The number of aryl methyl sites for hydroxylation is 1. The van der Waals surface area contributed by atoms with Crippen LogP contribution in [0, 0.1) is 13.8 Å². The van der Waals surface area contributed by atoms with Gasteiger partial charge in [-0.15, -0.1) is 0 Å². The van der Waals surface area contributed by atoms with Gasteiger partial charge in [0.25, 0.3) is 5.91 Å². The van der Waals surface area contributed by atoms with Crippen LogP contribution in [0.5, 0.6) is 0 Å². The largest absolute Gasteiger partial charge is 0.446 e. The molecule has 0 atom stereocenters. The van der Waals surface area contributed by atoms with Gasteiger partial charge in [-0.25, -0.2) is 0 Å². The van der Waals surface area contributed by atoms with E-state index in [0.717, 1.165) is 11.1 Å². The van der Waals surface area contributed by atoms with Crippen molar-refractivity contribution in [1.29, 1.82) is 0 Å². The summed E-state index contributed by atoms with van der Waals surface area (Å²) in [5, 5.41) is 2.76. The van der Waals surface area contributed by atoms with Gasteiger partial charge in [-0.3, -0.25) is 9.59 Å². The number of rotatable bonds is 5. The third-order valence-electron chi connectivity index (χ3n) is 3.94. The Morgan fingerprint density at radius 3 is 2.30 bits per heavy atom. The first-order valence-corrected chi connectivity index (χ1v) is 8.86. The lowest BCUT2D eigenvalue weighted by atomic mass is 10.1. The topological polar surface area (TPSA) is 49.4 Å². The summed E-state index contributed by atoms with van der Waals surface area (Å²) in [4.78, 5) is 25.8. The van der Waals surface area contributed by atoms with Gasteiger partial charge in [-0.2, -0.15) is 13.2 Å². The van der Waals surface area contributed by atoms with Crippen molar-refractivity contribution in [2.24, 2.45) is 0 Å². The highest BCUT2D eigenvalue weighted by Gasteiger charge is 2.29. The minimum Gasteiger partial charge on any atom is -0.332 e. The fraction of sp³-hybridized carbons (Fsp3) is 0.263. The molecule has 2 aromatic rings. The number of carbonyl (C=O) groups is 2. The molecule has 2 rings (SSSR count). The lowest BCUT2D eigenvalue weighted by molar-refractivity contribution is -0.116. The molecule has 2 amide bonds. The van der Waals surface area contributed by atoms with Crippen molar-refractivity contribution in [2.45, 2.75) is 24.3 Å². The van der Waals surface area contributed by atoms with E-state index in [1.807, 2.05) is 26.0 Å². The highest BCUT2D eigenvalue weighted by atomic mass is 32.2. The lowest BCUT2D eigenvalue weighted by Crippen LogP contribution is -2.35. The van der Waals surface area contributed by atoms with Gasteiger partial charge in [-0.1, -0.05) is 12.1 Å². The van der Waals surface area contributed by atoms with E-state index in [4.69, 9.17) is 0 Å². The monoisotopic (exact) mass is 396 g/mol. The normalized spacial score (nSPS) is 11.2. The molecule has 8 heteroatoms. The van der Waals surface area contributed by atoms with Crippen LogP contribution in [0.15, 0.2) is 47.4 Å². The van der Waals surface area contributed by atoms with Gasteiger partial charge >= 0.3 is 5.51 Å². The van der Waals surface area contributed by atoms with E-state index in [9.17, 15) is 22.8 Å². The number of thioether (sulfide) groups is 1. The molecule has 2 aromatic carbocycles. The standard InChI is InChI=1S/C19H19F3N2O2S/c1-12-5-4-6-16(13(12)2)23-17(25)11-24(3)18(26)14-7-9-15(10-8-14)27-19(20,21)22/h4-10H,11H2,1-3H3,(H,23,25). The summed E-state index contributed by atoms with van der Waals surface area (Å²) in [6.07, 6.45) is 0. The summed E-state index contributed by atoms with van der Waals surface area (Å²) in [6.45, 7) is 3.65. The zero-order valence-electron chi connectivity index (χ0n) is 15.1. The van der Waals surface area contributed by atoms with E-state index in [2.05, 4.69) is 5.32 Å². The Morgan fingerprint density at radius 2 is 1.70 bits per heavy atom. The van der Waals surface area contributed by atoms with Gasteiger partial charge in [0.2, 0.25) is 5.91 Å². The molecule has 0 aliphatic carbocycles. The number of amides is 2. The van der Waals surface area contributed by atoms with E-state index in [0.29, 0.717) is 5.69 Å². The van der Waals surface area contributed by atoms with Crippen molar-refractivity contribution in [3.8, 4) is 0 Å². The molecule has 144 valence electrons. The van der Waals surface area contributed by atoms with Crippen LogP contribution in [0.1, 0.15) is 21.5 Å². The Kier molecular flexibility index (Phi) is 6.54. The van der Waals surface area contributed by atoms with Gasteiger partial charge < -0.3 is 10.2 Å². The molecule has 0 aliphatic rings. The van der Waals surface area contributed by atoms with Crippen LogP contribution in [-0.4, -0.2) is 35.8 Å². The molecule has 0 saturated heterocycles. The SMILES string of the molecule is Cc1cccc(NC(=O)CN(C)C(=O)c2ccc(SC(F)(F)F)cc2)c1C. The molecule has 0 aliphatic heterocycles. The number of hydrogen-bond acceptors (Lipinski definition) is 3. The number of halogens is 3. The van der Waals surface area contributed by atoms with Crippen LogP contribution >= 0.6 is 11.8 Å². The van der Waals surface area contributed by atoms with Crippen molar-refractivity contribution in [3.05, 3.63) is 59.2 Å². The molecule has 4 nitrogen and oxygen atoms in total. The van der Waals surface area contributed by atoms with Crippen LogP contribution in [0.3, 0.4) is 0 Å². The number of benzene rings is 2. The van der Waals surface area contributed by atoms with Gasteiger partial charge in [-0.05, 0) is 67.1 Å². The zero-order chi connectivity index (χ0) is 20.2. The molecule has 0 unspecified atom stereocenters. The summed E-state index contributed by atoms with van der Waals surface area (Å²) in [6, 6.07) is 10.6. The second-order valence-electron chi connectivity index (χ2n) is 6.03. The summed E-state index contributed by atoms with van der Waals surface area (Å²) in [7, 11) is 1.46. The molecule has 27 heavy (non-hydrogen) atoms. The van der Waals surface area contributed by atoms with Crippen LogP contribution in [0.4, 0.5) is 18.9 Å². The maximum atomic E-state index is 12.4. The lowest BCUT2D eigenvalue weighted by Gasteiger charge is -2.18. The van der Waals surface area contributed by atoms with Crippen LogP contribution < -0.4 is 5.32 Å². The summed E-state index contributed by atoms with van der Waals surface area (Å²) in [5.41, 5.74) is -1.52. The van der Waals surface area contributed by atoms with Crippen molar-refractivity contribution < 1.29 is 22.8 Å². The van der Waals surface area contributed by atoms with Gasteiger partial charge in [0, 0.05) is 23.2 Å². The summed E-state index contributed by atoms with van der Waals surface area (Å²) >= 11 is -0.245. The van der Waals surface area contributed by atoms with E-state index < -0.39 is 11.4 Å². The fourth-order valence-electron chi connectivity index (χ4n) is 2.38. The van der Waals surface area contributed by atoms with Crippen LogP contribution in [-0.2, 0) is 4.79 Å². The number of nitrogens with one attached hydrogen (secondary N) is 1. The molecule has 0 bridgehead atoms. The number of alkyl halides is 3. The molecule has 0 heterocycles. The summed E-state index contributed by atoms with van der Waals surface area (Å²) in [5.74, 6) is -0.807. The molecule has 0 radical (unpaired) electrons. The molecule has 0 saturated carbocycles. The third-order valence-corrected chi connectivity index (χ3v) is 4.68. The zero-order valence-corrected chi connectivity index (χ0v) is 15.9. The Balaban J connectivity index is 1.98. The highest BCUT2D eigenvalue weighted by Crippen LogP contribution is 2.36. The van der Waals surface area contributed by atoms with Gasteiger partial charge in [0.05, 0.1) is 6.54 Å². The van der Waals surface area contributed by atoms with Gasteiger partial charge in [0.15, 0.2) is 0 Å². The van der Waals surface area contributed by atoms with E-state index >= 15 is 0 Å². The molecule has 1 N–H and O–H groups in total. The molecule has 0 aromatic heterocycles. The minimum absolute atomic E-state index is 0.00521. The fourth-order valence-corrected chi connectivity index (χ4v) is 2.92. The summed E-state index contributed by atoms with van der Waals surface area (Å²) < 4.78 is 37.0. The Morgan fingerprint density at radius 1 is 1.07 bits per heavy atom. The number of nitrogens with zero attached hydrogens (tertiary/aromatic N) is 1. The average molecular weight is 396 g/mol.